The van der Waals surface area contributed by atoms with Gasteiger partial charge in [-0.2, -0.15) is 0 Å². The monoisotopic (exact) mass is 223 g/mol. The lowest BCUT2D eigenvalue weighted by molar-refractivity contribution is 0.00578. The Morgan fingerprint density at radius 3 is 2.31 bits per heavy atom. The molecule has 1 aromatic heterocycles. The summed E-state index contributed by atoms with van der Waals surface area (Å²) in [7, 11) is -0.792. The van der Waals surface area contributed by atoms with Gasteiger partial charge in [0.15, 0.2) is 0 Å². The Labute approximate surface area is 98.3 Å². The molecule has 0 aliphatic carbocycles. The van der Waals surface area contributed by atoms with E-state index in [0.29, 0.717) is 0 Å². The molecule has 16 heavy (non-hydrogen) atoms. The van der Waals surface area contributed by atoms with Crippen LogP contribution in [0.4, 0.5) is 5.82 Å². The summed E-state index contributed by atoms with van der Waals surface area (Å²) in [5.74, 6) is -0.0692. The number of aromatic nitrogens is 2. The van der Waals surface area contributed by atoms with Crippen LogP contribution in [0.2, 0.25) is 0 Å². The maximum atomic E-state index is 7.73. The third-order valence-corrected chi connectivity index (χ3v) is 3.06. The molecular formula is C10H16BN3O2. The Balaban J connectivity index is 2.38. The van der Waals surface area contributed by atoms with Crippen LogP contribution in [0.25, 0.3) is 0 Å². The third-order valence-electron chi connectivity index (χ3n) is 3.06. The van der Waals surface area contributed by atoms with Gasteiger partial charge in [-0.3, -0.25) is 4.98 Å². The zero-order chi connectivity index (χ0) is 13.7. The zero-order valence-corrected chi connectivity index (χ0v) is 9.87. The van der Waals surface area contributed by atoms with E-state index in [1.165, 1.54) is 0 Å². The molecule has 0 amide bonds. The number of nitrogens with zero attached hydrogens (tertiary/aromatic N) is 2. The predicted octanol–water partition coefficient (Wildman–Crippen LogP) is 0.358. The van der Waals surface area contributed by atoms with E-state index < -0.39 is 18.3 Å². The van der Waals surface area contributed by atoms with E-state index in [9.17, 15) is 0 Å². The molecule has 0 radical (unpaired) electrons. The van der Waals surface area contributed by atoms with Crippen molar-refractivity contribution in [3.05, 3.63) is 12.3 Å². The number of rotatable bonds is 1. The Hall–Kier alpha value is -1.14. The third kappa shape index (κ3) is 1.78. The van der Waals surface area contributed by atoms with Gasteiger partial charge in [-0.1, -0.05) is 0 Å². The fraction of sp³-hybridized carbons (Fsp3) is 0.600. The molecule has 1 aliphatic heterocycles. The highest BCUT2D eigenvalue weighted by Gasteiger charge is 2.52. The average Bonchev–Trinajstić information content (AvgIpc) is 2.42. The van der Waals surface area contributed by atoms with Gasteiger partial charge in [-0.05, 0) is 27.7 Å². The van der Waals surface area contributed by atoms with E-state index in [1.807, 2.05) is 27.7 Å². The molecule has 5 nitrogen and oxygen atoms in total. The molecule has 0 aromatic carbocycles. The molecular weight excluding hydrogens is 205 g/mol. The fourth-order valence-electron chi connectivity index (χ4n) is 1.35. The normalized spacial score (nSPS) is 24.1. The molecule has 0 unspecified atom stereocenters. The van der Waals surface area contributed by atoms with Crippen molar-refractivity contribution in [1.29, 1.82) is 0 Å². The van der Waals surface area contributed by atoms with Gasteiger partial charge in [0.1, 0.15) is 5.82 Å². The highest BCUT2D eigenvalue weighted by molar-refractivity contribution is 6.61. The SMILES string of the molecule is [2H]c1nc(B2OC(C)(C)C(C)(C)O2)c([2H])nc1N. The van der Waals surface area contributed by atoms with Gasteiger partial charge in [0.2, 0.25) is 0 Å². The van der Waals surface area contributed by atoms with Crippen molar-refractivity contribution in [2.75, 3.05) is 5.73 Å². The molecule has 1 fully saturated rings. The smallest absolute Gasteiger partial charge is 0.398 e. The zero-order valence-electron chi connectivity index (χ0n) is 11.9. The lowest BCUT2D eigenvalue weighted by Crippen LogP contribution is -2.41. The van der Waals surface area contributed by atoms with Gasteiger partial charge in [-0.25, -0.2) is 4.98 Å². The molecule has 0 spiro atoms. The molecule has 1 aliphatic rings. The van der Waals surface area contributed by atoms with Crippen LogP contribution < -0.4 is 11.3 Å². The maximum Gasteiger partial charge on any atom is 0.516 e. The summed E-state index contributed by atoms with van der Waals surface area (Å²) in [6, 6.07) is 0. The predicted molar refractivity (Wildman–Crippen MR) is 62.2 cm³/mol. The van der Waals surface area contributed by atoms with Gasteiger partial charge in [-0.15, -0.1) is 0 Å². The standard InChI is InChI=1S/C10H16BN3O2/c1-9(2)10(3,4)16-11(15-9)7-5-14-8(12)6-13-7/h5-6H,1-4H3,(H2,12,14)/i5D,6D. The molecule has 6 heteroatoms. The maximum absolute atomic E-state index is 7.73. The van der Waals surface area contributed by atoms with Gasteiger partial charge >= 0.3 is 7.12 Å². The molecule has 0 atom stereocenters. The van der Waals surface area contributed by atoms with Crippen molar-refractivity contribution < 1.29 is 12.1 Å². The highest BCUT2D eigenvalue weighted by atomic mass is 16.7. The number of nitrogens with two attached hydrogens (primary N) is 1. The van der Waals surface area contributed by atoms with E-state index in [2.05, 4.69) is 9.97 Å². The van der Waals surface area contributed by atoms with Crippen molar-refractivity contribution in [1.82, 2.24) is 9.97 Å². The van der Waals surface area contributed by atoms with Crippen LogP contribution in [-0.4, -0.2) is 28.3 Å². The Kier molecular flexibility index (Phi) is 1.92. The minimum Gasteiger partial charge on any atom is -0.398 e. The molecule has 2 rings (SSSR count). The van der Waals surface area contributed by atoms with Crippen molar-refractivity contribution >= 4 is 18.5 Å². The number of anilines is 1. The van der Waals surface area contributed by atoms with Crippen molar-refractivity contribution in [3.8, 4) is 0 Å². The largest absolute Gasteiger partial charge is 0.516 e. The first kappa shape index (κ1) is 8.95. The Bertz CT molecular complexity index is 480. The summed E-state index contributed by atoms with van der Waals surface area (Å²) in [5, 5.41) is 0. The van der Waals surface area contributed by atoms with E-state index in [4.69, 9.17) is 17.8 Å². The summed E-state index contributed by atoms with van der Waals surface area (Å²) < 4.78 is 26.8. The summed E-state index contributed by atoms with van der Waals surface area (Å²) in [6.45, 7) is 7.62. The first-order valence-electron chi connectivity index (χ1n) is 6.10. The molecule has 1 saturated heterocycles. The van der Waals surface area contributed by atoms with Crippen LogP contribution in [-0.2, 0) is 9.31 Å². The molecule has 1 aromatic rings. The average molecular weight is 223 g/mol. The van der Waals surface area contributed by atoms with Crippen LogP contribution >= 0.6 is 0 Å². The second-order valence-electron chi connectivity index (χ2n) is 4.81. The molecule has 86 valence electrons. The Morgan fingerprint density at radius 1 is 1.19 bits per heavy atom. The van der Waals surface area contributed by atoms with Crippen LogP contribution in [0, 0.1) is 0 Å². The Morgan fingerprint density at radius 2 is 1.75 bits per heavy atom. The van der Waals surface area contributed by atoms with Crippen molar-refractivity contribution in [2.24, 2.45) is 0 Å². The summed E-state index contributed by atoms with van der Waals surface area (Å²) in [6.07, 6.45) is -0.294. The van der Waals surface area contributed by atoms with Crippen LogP contribution in [0.1, 0.15) is 30.4 Å². The van der Waals surface area contributed by atoms with E-state index in [1.54, 1.807) is 0 Å². The molecule has 0 bridgehead atoms. The van der Waals surface area contributed by atoms with E-state index in [0.717, 1.165) is 0 Å². The molecule has 0 saturated carbocycles. The van der Waals surface area contributed by atoms with Crippen molar-refractivity contribution in [3.63, 3.8) is 0 Å². The first-order chi connectivity index (χ1) is 8.14. The number of hydrogen-bond acceptors (Lipinski definition) is 5. The van der Waals surface area contributed by atoms with Gasteiger partial charge < -0.3 is 15.0 Å². The fourth-order valence-corrected chi connectivity index (χ4v) is 1.35. The second kappa shape index (κ2) is 3.43. The molecule has 2 heterocycles. The van der Waals surface area contributed by atoms with E-state index >= 15 is 0 Å². The van der Waals surface area contributed by atoms with Gasteiger partial charge in [0.25, 0.3) is 0 Å². The van der Waals surface area contributed by atoms with E-state index in [-0.39, 0.29) is 23.8 Å². The minimum atomic E-state index is -0.792. The summed E-state index contributed by atoms with van der Waals surface area (Å²) >= 11 is 0. The number of hydrogen-bond donors (Lipinski definition) is 1. The van der Waals surface area contributed by atoms with Crippen LogP contribution in [0.15, 0.2) is 12.3 Å². The van der Waals surface area contributed by atoms with Gasteiger partial charge in [0.05, 0.1) is 25.7 Å². The van der Waals surface area contributed by atoms with Crippen LogP contribution in [0.5, 0.6) is 0 Å². The first-order valence-corrected chi connectivity index (χ1v) is 5.10. The quantitative estimate of drug-likeness (QED) is 0.696. The lowest BCUT2D eigenvalue weighted by Gasteiger charge is -2.32. The minimum absolute atomic E-state index is 0.0692. The summed E-state index contributed by atoms with van der Waals surface area (Å²) in [5.41, 5.74) is 4.58. The molecule has 2 N–H and O–H groups in total. The topological polar surface area (TPSA) is 70.3 Å². The van der Waals surface area contributed by atoms with Crippen molar-refractivity contribution in [2.45, 2.75) is 38.9 Å². The van der Waals surface area contributed by atoms with Crippen LogP contribution in [0.3, 0.4) is 0 Å². The highest BCUT2D eigenvalue weighted by Crippen LogP contribution is 2.36. The lowest BCUT2D eigenvalue weighted by atomic mass is 9.85. The number of nitrogen functional groups attached to an aromatic ring is 1. The summed E-state index contributed by atoms with van der Waals surface area (Å²) in [4.78, 5) is 7.67. The van der Waals surface area contributed by atoms with Gasteiger partial charge in [0, 0.05) is 6.17 Å². The second-order valence-corrected chi connectivity index (χ2v) is 4.81.